The molecule has 0 radical (unpaired) electrons. The summed E-state index contributed by atoms with van der Waals surface area (Å²) in [4.78, 5) is 0. The lowest BCUT2D eigenvalue weighted by Crippen LogP contribution is -2.44. The molecule has 0 spiro atoms. The van der Waals surface area contributed by atoms with Crippen molar-refractivity contribution in [3.8, 4) is 5.75 Å². The summed E-state index contributed by atoms with van der Waals surface area (Å²) in [6.07, 6.45) is 1.54. The van der Waals surface area contributed by atoms with Gasteiger partial charge >= 0.3 is 3.92 Å². The number of ether oxygens (including phenoxy) is 1. The molecule has 1 heterocycles. The van der Waals surface area contributed by atoms with Crippen LogP contribution in [0.15, 0.2) is 35.6 Å². The number of halogens is 6. The lowest BCUT2D eigenvalue weighted by Gasteiger charge is -2.32. The summed E-state index contributed by atoms with van der Waals surface area (Å²) in [6.45, 7) is 0. The van der Waals surface area contributed by atoms with Gasteiger partial charge in [0, 0.05) is 11.8 Å². The third-order valence-corrected chi connectivity index (χ3v) is 3.71. The van der Waals surface area contributed by atoms with Gasteiger partial charge in [0.05, 0.1) is 7.11 Å². The number of hydrazine groups is 1. The van der Waals surface area contributed by atoms with Crippen LogP contribution in [0.2, 0.25) is 0 Å². The Labute approximate surface area is 157 Å². The van der Waals surface area contributed by atoms with Crippen LogP contribution < -0.4 is 10.2 Å². The summed E-state index contributed by atoms with van der Waals surface area (Å²) < 4.78 is 1.46. The van der Waals surface area contributed by atoms with Crippen LogP contribution in [0.5, 0.6) is 5.75 Å². The van der Waals surface area contributed by atoms with Crippen LogP contribution in [0.25, 0.3) is 5.57 Å². The topological polar surface area (TPSA) is 36.9 Å². The Morgan fingerprint density at radius 2 is 1.64 bits per heavy atom. The monoisotopic (exact) mass is 421 g/mol. The minimum atomic E-state index is -1.84. The molecule has 120 valence electrons. The van der Waals surface area contributed by atoms with Gasteiger partial charge in [-0.15, -0.1) is 0 Å². The van der Waals surface area contributed by atoms with Crippen LogP contribution in [0.1, 0.15) is 5.56 Å². The number of nitrogens with one attached hydrogen (secondary N) is 1. The van der Waals surface area contributed by atoms with Crippen molar-refractivity contribution in [1.82, 2.24) is 10.5 Å². The first-order valence-corrected chi connectivity index (χ1v) is 8.03. The molecule has 0 aliphatic carbocycles. The third-order valence-electron chi connectivity index (χ3n) is 2.70. The molecular weight excluding hydrogens is 415 g/mol. The summed E-state index contributed by atoms with van der Waals surface area (Å²) in [6, 6.07) is 7.13. The smallest absolute Gasteiger partial charge is 0.301 e. The molecule has 4 nitrogen and oxygen atoms in total. The number of allylic oxidation sites excluding steroid dienone is 1. The van der Waals surface area contributed by atoms with E-state index in [4.69, 9.17) is 74.3 Å². The Bertz CT molecular complexity index is 603. The van der Waals surface area contributed by atoms with E-state index in [2.05, 4.69) is 10.5 Å². The number of hydrogen-bond acceptors (Lipinski definition) is 4. The quantitative estimate of drug-likeness (QED) is 0.542. The van der Waals surface area contributed by atoms with E-state index in [1.165, 1.54) is 6.20 Å². The highest BCUT2D eigenvalue weighted by Gasteiger charge is 2.38. The molecular formula is C12H9Cl6N3O. The summed E-state index contributed by atoms with van der Waals surface area (Å²) in [5.74, 6) is 0.698. The Morgan fingerprint density at radius 1 is 1.05 bits per heavy atom. The number of nitrogens with zero attached hydrogens (tertiary/aromatic N) is 2. The molecule has 0 fully saturated rings. The summed E-state index contributed by atoms with van der Waals surface area (Å²) >= 11 is 35.3. The van der Waals surface area contributed by atoms with E-state index < -0.39 is 7.71 Å². The number of hydrazone groups is 1. The van der Waals surface area contributed by atoms with Gasteiger partial charge in [-0.3, -0.25) is 5.43 Å². The molecule has 0 aromatic heterocycles. The molecule has 0 bridgehead atoms. The number of benzene rings is 1. The van der Waals surface area contributed by atoms with Crippen molar-refractivity contribution in [3.05, 3.63) is 36.0 Å². The Balaban J connectivity index is 2.42. The molecule has 1 aliphatic rings. The highest BCUT2D eigenvalue weighted by atomic mass is 35.6. The number of alkyl halides is 6. The van der Waals surface area contributed by atoms with E-state index >= 15 is 0 Å². The fourth-order valence-electron chi connectivity index (χ4n) is 1.71. The summed E-state index contributed by atoms with van der Waals surface area (Å²) in [5, 5.41) is 5.03. The molecule has 22 heavy (non-hydrogen) atoms. The summed E-state index contributed by atoms with van der Waals surface area (Å²) in [5.41, 5.74) is 4.14. The standard InChI is InChI=1S/C12H9Cl6N3O/c1-22-8-4-2-7(3-5-8)9-6-19-21(12(16,17)18)20-10(9)11(13,14)15/h2-6,19H,1H3. The van der Waals surface area contributed by atoms with E-state index in [0.29, 0.717) is 11.3 Å². The van der Waals surface area contributed by atoms with Gasteiger partial charge in [-0.05, 0) is 17.7 Å². The zero-order valence-corrected chi connectivity index (χ0v) is 15.5. The van der Waals surface area contributed by atoms with Crippen LogP contribution in [0.4, 0.5) is 0 Å². The van der Waals surface area contributed by atoms with E-state index in [9.17, 15) is 0 Å². The average molecular weight is 424 g/mol. The van der Waals surface area contributed by atoms with Crippen molar-refractivity contribution in [2.24, 2.45) is 5.10 Å². The first-order chi connectivity index (χ1) is 10.1. The van der Waals surface area contributed by atoms with Crippen molar-refractivity contribution in [2.45, 2.75) is 7.71 Å². The maximum Gasteiger partial charge on any atom is 0.301 e. The molecule has 1 aromatic carbocycles. The molecule has 0 amide bonds. The average Bonchev–Trinajstić information content (AvgIpc) is 2.45. The van der Waals surface area contributed by atoms with Crippen LogP contribution in [0, 0.1) is 0 Å². The molecule has 1 aliphatic heterocycles. The van der Waals surface area contributed by atoms with Crippen molar-refractivity contribution in [3.63, 3.8) is 0 Å². The van der Waals surface area contributed by atoms with Gasteiger partial charge in [-0.1, -0.05) is 81.7 Å². The first kappa shape index (κ1) is 18.1. The van der Waals surface area contributed by atoms with Crippen LogP contribution in [0.3, 0.4) is 0 Å². The normalized spacial score (nSPS) is 15.9. The molecule has 1 aromatic rings. The zero-order valence-electron chi connectivity index (χ0n) is 11.0. The van der Waals surface area contributed by atoms with Crippen molar-refractivity contribution >= 4 is 80.9 Å². The highest BCUT2D eigenvalue weighted by Crippen LogP contribution is 2.39. The molecule has 1 N–H and O–H groups in total. The van der Waals surface area contributed by atoms with E-state index in [0.717, 1.165) is 10.7 Å². The van der Waals surface area contributed by atoms with Gasteiger partial charge in [-0.2, -0.15) is 10.2 Å². The second kappa shape index (κ2) is 6.71. The lowest BCUT2D eigenvalue weighted by atomic mass is 10.0. The molecule has 0 atom stereocenters. The second-order valence-corrected chi connectivity index (χ2v) is 8.64. The minimum absolute atomic E-state index is 0.118. The van der Waals surface area contributed by atoms with Gasteiger partial charge in [-0.25, -0.2) is 0 Å². The number of rotatable bonds is 2. The first-order valence-electron chi connectivity index (χ1n) is 5.77. The Hall–Kier alpha value is -0.230. The highest BCUT2D eigenvalue weighted by molar-refractivity contribution is 6.80. The summed E-state index contributed by atoms with van der Waals surface area (Å²) in [7, 11) is 1.57. The SMILES string of the molecule is COc1ccc(C2=CNN(C(Cl)(Cl)Cl)N=C2C(Cl)(Cl)Cl)cc1. The van der Waals surface area contributed by atoms with Gasteiger partial charge < -0.3 is 4.74 Å². The fraction of sp³-hybridized carbons (Fsp3) is 0.250. The number of hydrogen-bond donors (Lipinski definition) is 1. The minimum Gasteiger partial charge on any atom is -0.497 e. The van der Waals surface area contributed by atoms with Gasteiger partial charge in [0.2, 0.25) is 3.79 Å². The molecule has 10 heteroatoms. The van der Waals surface area contributed by atoms with E-state index in [1.54, 1.807) is 31.4 Å². The molecule has 0 unspecified atom stereocenters. The van der Waals surface area contributed by atoms with Gasteiger partial charge in [0.15, 0.2) is 0 Å². The van der Waals surface area contributed by atoms with E-state index in [-0.39, 0.29) is 5.71 Å². The van der Waals surface area contributed by atoms with Crippen molar-refractivity contribution in [2.75, 3.05) is 7.11 Å². The van der Waals surface area contributed by atoms with Gasteiger partial charge in [0.1, 0.15) is 11.5 Å². The van der Waals surface area contributed by atoms with Crippen LogP contribution in [-0.2, 0) is 0 Å². The van der Waals surface area contributed by atoms with Crippen LogP contribution >= 0.6 is 69.6 Å². The maximum atomic E-state index is 5.98. The van der Waals surface area contributed by atoms with Crippen molar-refractivity contribution < 1.29 is 4.74 Å². The molecule has 2 rings (SSSR count). The largest absolute Gasteiger partial charge is 0.497 e. The lowest BCUT2D eigenvalue weighted by molar-refractivity contribution is 0.229. The third kappa shape index (κ3) is 4.19. The van der Waals surface area contributed by atoms with E-state index in [1.807, 2.05) is 0 Å². The van der Waals surface area contributed by atoms with Crippen molar-refractivity contribution in [1.29, 1.82) is 0 Å². The maximum absolute atomic E-state index is 5.98. The van der Waals surface area contributed by atoms with Gasteiger partial charge in [0.25, 0.3) is 0 Å². The predicted octanol–water partition coefficient (Wildman–Crippen LogP) is 4.91. The molecule has 0 saturated heterocycles. The predicted molar refractivity (Wildman–Crippen MR) is 94.0 cm³/mol. The Morgan fingerprint density at radius 3 is 2.09 bits per heavy atom. The second-order valence-electron chi connectivity index (χ2n) is 4.14. The fourth-order valence-corrected chi connectivity index (χ4v) is 2.39. The molecule has 0 saturated carbocycles. The Kier molecular flexibility index (Phi) is 5.53. The number of methoxy groups -OCH3 is 1. The van der Waals surface area contributed by atoms with Crippen LogP contribution in [-0.4, -0.2) is 25.6 Å². The zero-order chi connectivity index (χ0) is 16.5.